The van der Waals surface area contributed by atoms with Crippen LogP contribution in [-0.4, -0.2) is 33.5 Å². The Morgan fingerprint density at radius 2 is 1.79 bits per heavy atom. The summed E-state index contributed by atoms with van der Waals surface area (Å²) < 4.78 is 44.6. The van der Waals surface area contributed by atoms with E-state index < -0.39 is 20.9 Å². The molecule has 10 nitrogen and oxygen atoms in total. The molecule has 0 atom stereocenters. The number of non-ortho nitro benzene ring substituents is 1. The Balaban J connectivity index is 1.94. The number of hydrogen-bond acceptors (Lipinski definition) is 8. The predicted molar refractivity (Wildman–Crippen MR) is 120 cm³/mol. The lowest BCUT2D eigenvalue weighted by molar-refractivity contribution is -0.385. The number of rotatable bonds is 7. The second-order valence-corrected chi connectivity index (χ2v) is 8.71. The predicted octanol–water partition coefficient (Wildman–Crippen LogP) is 4.23. The number of ether oxygens (including phenoxy) is 2. The van der Waals surface area contributed by atoms with Crippen LogP contribution in [0.3, 0.4) is 0 Å². The molecule has 3 aromatic carbocycles. The summed E-state index contributed by atoms with van der Waals surface area (Å²) in [7, 11) is -1.52. The second-order valence-electron chi connectivity index (χ2n) is 7.03. The van der Waals surface area contributed by atoms with Crippen LogP contribution in [0.15, 0.2) is 63.9 Å². The van der Waals surface area contributed by atoms with E-state index in [0.29, 0.717) is 21.7 Å². The molecule has 0 bridgehead atoms. The van der Waals surface area contributed by atoms with Crippen LogP contribution in [0.2, 0.25) is 0 Å². The Bertz CT molecular complexity index is 1510. The molecule has 4 aromatic rings. The minimum absolute atomic E-state index is 0.00217. The first-order valence-corrected chi connectivity index (χ1v) is 11.1. The van der Waals surface area contributed by atoms with Gasteiger partial charge in [0.25, 0.3) is 15.7 Å². The molecule has 0 spiro atoms. The summed E-state index contributed by atoms with van der Waals surface area (Å²) in [4.78, 5) is 22.6. The third kappa shape index (κ3) is 3.99. The van der Waals surface area contributed by atoms with Crippen LogP contribution < -0.4 is 4.72 Å². The van der Waals surface area contributed by atoms with Crippen molar-refractivity contribution in [2.24, 2.45) is 0 Å². The van der Waals surface area contributed by atoms with E-state index in [4.69, 9.17) is 13.9 Å². The van der Waals surface area contributed by atoms with Crippen LogP contribution in [0.1, 0.15) is 16.1 Å². The monoisotopic (exact) mass is 470 g/mol. The van der Waals surface area contributed by atoms with Gasteiger partial charge in [-0.05, 0) is 12.1 Å². The number of methoxy groups -OCH3 is 2. The molecule has 1 heterocycles. The van der Waals surface area contributed by atoms with E-state index in [1.807, 2.05) is 0 Å². The molecule has 0 radical (unpaired) electrons. The fraction of sp³-hybridized carbons (Fsp3) is 0.136. The first kappa shape index (κ1) is 22.2. The third-order valence-corrected chi connectivity index (χ3v) is 6.38. The van der Waals surface area contributed by atoms with Crippen molar-refractivity contribution in [3.8, 4) is 0 Å². The summed E-state index contributed by atoms with van der Waals surface area (Å²) in [5, 5.41) is 12.5. The molecule has 0 amide bonds. The minimum Gasteiger partial charge on any atom is -0.465 e. The van der Waals surface area contributed by atoms with Crippen molar-refractivity contribution >= 4 is 49.1 Å². The number of esters is 1. The van der Waals surface area contributed by atoms with Gasteiger partial charge in [-0.1, -0.05) is 30.3 Å². The molecule has 1 N–H and O–H groups in total. The Hall–Kier alpha value is -3.96. The lowest BCUT2D eigenvalue weighted by Crippen LogP contribution is -2.13. The van der Waals surface area contributed by atoms with Crippen LogP contribution in [0, 0.1) is 10.1 Å². The molecule has 33 heavy (non-hydrogen) atoms. The molecule has 0 saturated carbocycles. The van der Waals surface area contributed by atoms with Gasteiger partial charge in [0.15, 0.2) is 0 Å². The summed E-state index contributed by atoms with van der Waals surface area (Å²) in [6, 6.07) is 13.1. The Morgan fingerprint density at radius 1 is 1.06 bits per heavy atom. The number of carbonyl (C=O) groups excluding carboxylic acids is 1. The molecule has 170 valence electrons. The second kappa shape index (κ2) is 8.52. The van der Waals surface area contributed by atoms with Crippen LogP contribution in [0.5, 0.6) is 0 Å². The molecule has 11 heteroatoms. The zero-order valence-corrected chi connectivity index (χ0v) is 18.3. The number of hydrogen-bond donors (Lipinski definition) is 1. The highest BCUT2D eigenvalue weighted by molar-refractivity contribution is 7.92. The number of furan rings is 1. The molecular formula is C22H18N2O8S. The van der Waals surface area contributed by atoms with E-state index in [2.05, 4.69) is 4.72 Å². The number of sulfonamides is 1. The van der Waals surface area contributed by atoms with Crippen molar-refractivity contribution in [2.75, 3.05) is 18.9 Å². The highest BCUT2D eigenvalue weighted by atomic mass is 32.2. The highest BCUT2D eigenvalue weighted by Gasteiger charge is 2.26. The third-order valence-electron chi connectivity index (χ3n) is 5.02. The first-order chi connectivity index (χ1) is 15.8. The summed E-state index contributed by atoms with van der Waals surface area (Å²) in [5.74, 6) is -0.424. The molecule has 0 unspecified atom stereocenters. The molecular weight excluding hydrogens is 452 g/mol. The fourth-order valence-electron chi connectivity index (χ4n) is 3.58. The van der Waals surface area contributed by atoms with Crippen LogP contribution >= 0.6 is 0 Å². The van der Waals surface area contributed by atoms with E-state index in [0.717, 1.165) is 6.07 Å². The van der Waals surface area contributed by atoms with Crippen molar-refractivity contribution < 1.29 is 32.0 Å². The van der Waals surface area contributed by atoms with Crippen molar-refractivity contribution in [1.29, 1.82) is 0 Å². The van der Waals surface area contributed by atoms with Gasteiger partial charge in [-0.25, -0.2) is 13.2 Å². The molecule has 0 aliphatic heterocycles. The zero-order valence-electron chi connectivity index (χ0n) is 17.5. The van der Waals surface area contributed by atoms with E-state index in [1.165, 1.54) is 38.5 Å². The van der Waals surface area contributed by atoms with Gasteiger partial charge >= 0.3 is 5.97 Å². The highest BCUT2D eigenvalue weighted by Crippen LogP contribution is 2.38. The number of carbonyl (C=O) groups is 1. The quantitative estimate of drug-likeness (QED) is 0.241. The number of fused-ring (bicyclic) bond motifs is 3. The zero-order chi connectivity index (χ0) is 23.8. The van der Waals surface area contributed by atoms with Crippen LogP contribution in [0.4, 0.5) is 11.4 Å². The molecule has 0 aliphatic carbocycles. The summed E-state index contributed by atoms with van der Waals surface area (Å²) >= 11 is 0. The number of anilines is 1. The first-order valence-electron chi connectivity index (χ1n) is 9.58. The van der Waals surface area contributed by atoms with Crippen molar-refractivity contribution in [2.45, 2.75) is 11.5 Å². The lowest BCUT2D eigenvalue weighted by Gasteiger charge is -2.12. The van der Waals surface area contributed by atoms with E-state index in [1.54, 1.807) is 24.3 Å². The molecule has 0 aliphatic rings. The number of nitro groups is 1. The topological polar surface area (TPSA) is 138 Å². The number of nitro benzene ring substituents is 1. The van der Waals surface area contributed by atoms with Gasteiger partial charge in [-0.3, -0.25) is 14.8 Å². The number of benzene rings is 3. The van der Waals surface area contributed by atoms with Crippen molar-refractivity contribution in [1.82, 2.24) is 0 Å². The standard InChI is InChI=1S/C22H18N2O8S/c1-30-12-19-20(22(25)31-2)17-11-18(15-8-3-4-9-16(15)21(17)32-19)23-33(28,29)14-7-5-6-13(10-14)24(26)27/h3-11,23H,12H2,1-2H3. The Labute approximate surface area is 187 Å². The average molecular weight is 470 g/mol. The van der Waals surface area contributed by atoms with Crippen molar-refractivity contribution in [3.05, 3.63) is 76.0 Å². The molecule has 0 fully saturated rings. The summed E-state index contributed by atoms with van der Waals surface area (Å²) in [6.07, 6.45) is 0. The Kier molecular flexibility index (Phi) is 5.75. The SMILES string of the molecule is COCc1oc2c(cc(NS(=O)(=O)c3cccc([N+](=O)[O-])c3)c3ccccc32)c1C(=O)OC. The fourth-order valence-corrected chi connectivity index (χ4v) is 4.69. The number of nitrogens with one attached hydrogen (secondary N) is 1. The lowest BCUT2D eigenvalue weighted by atomic mass is 10.0. The van der Waals surface area contributed by atoms with E-state index in [-0.39, 0.29) is 34.2 Å². The molecule has 4 rings (SSSR count). The van der Waals surface area contributed by atoms with Gasteiger partial charge in [-0.2, -0.15) is 0 Å². The maximum Gasteiger partial charge on any atom is 0.342 e. The summed E-state index contributed by atoms with van der Waals surface area (Å²) in [6.45, 7) is 0.00217. The van der Waals surface area contributed by atoms with Gasteiger partial charge in [0, 0.05) is 35.4 Å². The maximum absolute atomic E-state index is 13.1. The van der Waals surface area contributed by atoms with E-state index in [9.17, 15) is 23.3 Å². The van der Waals surface area contributed by atoms with Gasteiger partial charge < -0.3 is 13.9 Å². The van der Waals surface area contributed by atoms with Gasteiger partial charge in [0.2, 0.25) is 0 Å². The smallest absolute Gasteiger partial charge is 0.342 e. The van der Waals surface area contributed by atoms with Gasteiger partial charge in [-0.15, -0.1) is 0 Å². The van der Waals surface area contributed by atoms with Crippen LogP contribution in [0.25, 0.3) is 21.7 Å². The van der Waals surface area contributed by atoms with Gasteiger partial charge in [0.05, 0.1) is 22.6 Å². The average Bonchev–Trinajstić information content (AvgIpc) is 3.17. The normalized spacial score (nSPS) is 11.6. The largest absolute Gasteiger partial charge is 0.465 e. The van der Waals surface area contributed by atoms with E-state index >= 15 is 0 Å². The van der Waals surface area contributed by atoms with Gasteiger partial charge in [0.1, 0.15) is 23.5 Å². The summed E-state index contributed by atoms with van der Waals surface area (Å²) in [5.41, 5.74) is 0.303. The molecule has 1 aromatic heterocycles. The minimum atomic E-state index is -4.20. The number of nitrogens with zero attached hydrogens (tertiary/aromatic N) is 1. The van der Waals surface area contributed by atoms with Crippen molar-refractivity contribution in [3.63, 3.8) is 0 Å². The van der Waals surface area contributed by atoms with Crippen LogP contribution in [-0.2, 0) is 26.1 Å². The maximum atomic E-state index is 13.1. The molecule has 0 saturated heterocycles. The Morgan fingerprint density at radius 3 is 2.45 bits per heavy atom.